The molecule has 0 N–H and O–H groups in total. The lowest BCUT2D eigenvalue weighted by molar-refractivity contribution is 0.287. The van der Waals surface area contributed by atoms with Crippen LogP contribution in [-0.2, 0) is 13.6 Å². The van der Waals surface area contributed by atoms with E-state index in [4.69, 9.17) is 9.47 Å². The highest BCUT2D eigenvalue weighted by molar-refractivity contribution is 7.17. The Morgan fingerprint density at radius 2 is 1.82 bits per heavy atom. The van der Waals surface area contributed by atoms with Gasteiger partial charge in [0.25, 0.3) is 5.56 Å². The first-order valence-electron chi connectivity index (χ1n) is 8.99. The molecular weight excluding hydrogens is 380 g/mol. The van der Waals surface area contributed by atoms with Crippen LogP contribution < -0.4 is 20.7 Å². The fourth-order valence-corrected chi connectivity index (χ4v) is 4.03. The third-order valence-electron chi connectivity index (χ3n) is 4.42. The number of thiophene rings is 1. The van der Waals surface area contributed by atoms with E-state index in [1.54, 1.807) is 18.5 Å². The third kappa shape index (κ3) is 2.88. The van der Waals surface area contributed by atoms with Gasteiger partial charge in [0.2, 0.25) is 5.78 Å². The molecule has 3 heterocycles. The molecule has 0 fully saturated rings. The molecule has 4 rings (SSSR count). The Kier molecular flexibility index (Phi) is 4.68. The zero-order chi connectivity index (χ0) is 19.8. The Hall–Kier alpha value is -3.07. The number of aromatic nitrogens is 4. The minimum Gasteiger partial charge on any atom is -0.490 e. The average Bonchev–Trinajstić information content (AvgIpc) is 3.26. The van der Waals surface area contributed by atoms with Crippen LogP contribution in [0.4, 0.5) is 0 Å². The molecule has 0 unspecified atom stereocenters. The lowest BCUT2D eigenvalue weighted by Gasteiger charge is -2.13. The van der Waals surface area contributed by atoms with Crippen LogP contribution in [0.25, 0.3) is 16.0 Å². The molecule has 0 aliphatic carbocycles. The van der Waals surface area contributed by atoms with Gasteiger partial charge in [-0.2, -0.15) is 0 Å². The predicted molar refractivity (Wildman–Crippen MR) is 108 cm³/mol. The number of hydrogen-bond acceptors (Lipinski definition) is 6. The van der Waals surface area contributed by atoms with Crippen LogP contribution in [0.1, 0.15) is 19.4 Å². The fraction of sp³-hybridized carbons (Fsp3) is 0.316. The van der Waals surface area contributed by atoms with E-state index < -0.39 is 0 Å². The normalized spacial score (nSPS) is 11.4. The van der Waals surface area contributed by atoms with E-state index in [0.717, 1.165) is 5.56 Å². The maximum absolute atomic E-state index is 13.1. The highest BCUT2D eigenvalue weighted by atomic mass is 32.1. The van der Waals surface area contributed by atoms with Gasteiger partial charge in [-0.15, -0.1) is 16.4 Å². The van der Waals surface area contributed by atoms with Gasteiger partial charge in [0.15, 0.2) is 11.5 Å². The summed E-state index contributed by atoms with van der Waals surface area (Å²) in [6.07, 6.45) is 0. The van der Waals surface area contributed by atoms with Crippen molar-refractivity contribution >= 4 is 27.3 Å². The van der Waals surface area contributed by atoms with Gasteiger partial charge in [0, 0.05) is 7.05 Å². The number of benzene rings is 1. The van der Waals surface area contributed by atoms with Crippen molar-refractivity contribution in [2.75, 3.05) is 13.2 Å². The Labute approximate surface area is 164 Å². The summed E-state index contributed by atoms with van der Waals surface area (Å²) in [5.74, 6) is 1.60. The second-order valence-electron chi connectivity index (χ2n) is 6.21. The first-order chi connectivity index (χ1) is 13.5. The predicted octanol–water partition coefficient (Wildman–Crippen LogP) is 2.26. The van der Waals surface area contributed by atoms with Gasteiger partial charge in [0.1, 0.15) is 4.70 Å². The molecule has 1 aromatic carbocycles. The number of rotatable bonds is 6. The summed E-state index contributed by atoms with van der Waals surface area (Å²) in [4.78, 5) is 25.6. The second-order valence-corrected chi connectivity index (χ2v) is 7.13. The number of nitrogens with zero attached hydrogens (tertiary/aromatic N) is 4. The maximum atomic E-state index is 13.1. The highest BCUT2D eigenvalue weighted by Crippen LogP contribution is 2.29. The van der Waals surface area contributed by atoms with Crippen LogP contribution in [0.3, 0.4) is 0 Å². The summed E-state index contributed by atoms with van der Waals surface area (Å²) < 4.78 is 16.0. The van der Waals surface area contributed by atoms with E-state index in [9.17, 15) is 9.59 Å². The molecule has 0 radical (unpaired) electrons. The fourth-order valence-electron chi connectivity index (χ4n) is 3.21. The molecule has 4 aromatic rings. The van der Waals surface area contributed by atoms with Crippen LogP contribution in [-0.4, -0.2) is 32.0 Å². The first-order valence-corrected chi connectivity index (χ1v) is 9.87. The van der Waals surface area contributed by atoms with Gasteiger partial charge in [-0.25, -0.2) is 13.9 Å². The highest BCUT2D eigenvalue weighted by Gasteiger charge is 2.18. The van der Waals surface area contributed by atoms with Crippen LogP contribution in [0.2, 0.25) is 0 Å². The molecule has 0 aliphatic rings. The summed E-state index contributed by atoms with van der Waals surface area (Å²) in [5, 5.41) is 6.09. The van der Waals surface area contributed by atoms with Crippen LogP contribution >= 0.6 is 11.3 Å². The van der Waals surface area contributed by atoms with Gasteiger partial charge in [-0.3, -0.25) is 9.36 Å². The van der Waals surface area contributed by atoms with E-state index in [0.29, 0.717) is 40.7 Å². The lowest BCUT2D eigenvalue weighted by Crippen LogP contribution is -2.25. The monoisotopic (exact) mass is 400 g/mol. The van der Waals surface area contributed by atoms with Gasteiger partial charge >= 0.3 is 5.69 Å². The topological polar surface area (TPSA) is 79.8 Å². The van der Waals surface area contributed by atoms with Crippen molar-refractivity contribution in [3.05, 3.63) is 56.0 Å². The van der Waals surface area contributed by atoms with Gasteiger partial charge in [-0.05, 0) is 43.0 Å². The van der Waals surface area contributed by atoms with E-state index >= 15 is 0 Å². The van der Waals surface area contributed by atoms with Crippen LogP contribution in [0.5, 0.6) is 11.5 Å². The average molecular weight is 400 g/mol. The molecule has 0 saturated heterocycles. The summed E-state index contributed by atoms with van der Waals surface area (Å²) in [7, 11) is 1.58. The Balaban J connectivity index is 1.89. The van der Waals surface area contributed by atoms with Crippen molar-refractivity contribution in [1.82, 2.24) is 18.7 Å². The first kappa shape index (κ1) is 18.3. The number of ether oxygens (including phenoxy) is 2. The molecule has 28 heavy (non-hydrogen) atoms. The smallest absolute Gasteiger partial charge is 0.351 e. The van der Waals surface area contributed by atoms with Gasteiger partial charge < -0.3 is 9.47 Å². The second kappa shape index (κ2) is 7.16. The zero-order valence-electron chi connectivity index (χ0n) is 15.8. The van der Waals surface area contributed by atoms with Gasteiger partial charge in [-0.1, -0.05) is 6.07 Å². The van der Waals surface area contributed by atoms with Crippen molar-refractivity contribution in [3.63, 3.8) is 0 Å². The van der Waals surface area contributed by atoms with E-state index in [1.165, 1.54) is 25.0 Å². The van der Waals surface area contributed by atoms with E-state index in [1.807, 2.05) is 32.0 Å². The molecule has 9 heteroatoms. The Morgan fingerprint density at radius 3 is 2.57 bits per heavy atom. The number of hydrogen-bond donors (Lipinski definition) is 0. The standard InChI is InChI=1S/C19H20N4O4S/c1-4-26-14-7-6-12(10-15(14)27-5-2)11-22-17(24)16-13(8-9-28-16)23-18(22)20-21(3)19(23)25/h6-10H,4-5,11H2,1-3H3. The molecule has 0 saturated carbocycles. The largest absolute Gasteiger partial charge is 0.490 e. The molecule has 0 spiro atoms. The van der Waals surface area contributed by atoms with Crippen molar-refractivity contribution in [2.24, 2.45) is 7.05 Å². The summed E-state index contributed by atoms with van der Waals surface area (Å²) in [6.45, 7) is 5.12. The minimum atomic E-state index is -0.283. The maximum Gasteiger partial charge on any atom is 0.351 e. The van der Waals surface area contributed by atoms with Crippen molar-refractivity contribution in [3.8, 4) is 11.5 Å². The van der Waals surface area contributed by atoms with Crippen molar-refractivity contribution < 1.29 is 9.47 Å². The third-order valence-corrected chi connectivity index (χ3v) is 5.31. The van der Waals surface area contributed by atoms with Crippen molar-refractivity contribution in [1.29, 1.82) is 0 Å². The zero-order valence-corrected chi connectivity index (χ0v) is 16.7. The molecular formula is C19H20N4O4S. The quantitative estimate of drug-likeness (QED) is 0.496. The molecule has 8 nitrogen and oxygen atoms in total. The molecule has 0 atom stereocenters. The molecule has 0 bridgehead atoms. The number of fused-ring (bicyclic) bond motifs is 3. The Morgan fingerprint density at radius 1 is 1.07 bits per heavy atom. The molecule has 0 aliphatic heterocycles. The van der Waals surface area contributed by atoms with E-state index in [2.05, 4.69) is 5.10 Å². The lowest BCUT2D eigenvalue weighted by atomic mass is 10.2. The molecule has 3 aromatic heterocycles. The van der Waals surface area contributed by atoms with Gasteiger partial charge in [0.05, 0.1) is 25.3 Å². The number of aryl methyl sites for hydroxylation is 1. The summed E-state index contributed by atoms with van der Waals surface area (Å²) in [6, 6.07) is 7.35. The van der Waals surface area contributed by atoms with Crippen molar-refractivity contribution in [2.45, 2.75) is 20.4 Å². The SMILES string of the molecule is CCOc1ccc(Cn2c(=O)c3sccc3n3c(=O)n(C)nc23)cc1OCC. The summed E-state index contributed by atoms with van der Waals surface area (Å²) in [5.41, 5.74) is 0.981. The molecule has 0 amide bonds. The Bertz CT molecular complexity index is 1280. The summed E-state index contributed by atoms with van der Waals surface area (Å²) >= 11 is 1.32. The minimum absolute atomic E-state index is 0.171. The van der Waals surface area contributed by atoms with E-state index in [-0.39, 0.29) is 17.8 Å². The molecule has 146 valence electrons. The van der Waals surface area contributed by atoms with Crippen LogP contribution in [0.15, 0.2) is 39.2 Å². The van der Waals surface area contributed by atoms with Crippen LogP contribution in [0, 0.1) is 0 Å².